The molecule has 1 unspecified atom stereocenters. The van der Waals surface area contributed by atoms with Crippen LogP contribution in [-0.2, 0) is 10.2 Å². The molecule has 96 valence electrons. The van der Waals surface area contributed by atoms with Crippen LogP contribution in [0.3, 0.4) is 0 Å². The van der Waals surface area contributed by atoms with Gasteiger partial charge in [-0.15, -0.1) is 0 Å². The zero-order chi connectivity index (χ0) is 12.0. The molecule has 1 fully saturated rings. The number of unbranched alkanes of at least 4 members (excludes halogenated alkanes) is 1. The number of piperidine rings is 1. The molecular formula is C10H21BrN2O2S. The van der Waals surface area contributed by atoms with Crippen LogP contribution in [0.5, 0.6) is 0 Å². The summed E-state index contributed by atoms with van der Waals surface area (Å²) in [6, 6.07) is 0. The van der Waals surface area contributed by atoms with Crippen molar-refractivity contribution in [2.45, 2.75) is 32.6 Å². The molecule has 1 aliphatic heterocycles. The molecule has 1 saturated heterocycles. The Bertz CT molecular complexity index is 295. The largest absolute Gasteiger partial charge is 0.279 e. The second-order valence-electron chi connectivity index (χ2n) is 4.40. The van der Waals surface area contributed by atoms with Crippen molar-refractivity contribution in [2.24, 2.45) is 5.92 Å². The van der Waals surface area contributed by atoms with Gasteiger partial charge >= 0.3 is 0 Å². The standard InChI is InChI=1S/C10H21BrN2O2S/c1-10-5-4-8-13(9-10)16(14,15)12-7-3-2-6-11/h10,12H,2-9H2,1H3. The Labute approximate surface area is 107 Å². The quantitative estimate of drug-likeness (QED) is 0.600. The van der Waals surface area contributed by atoms with Crippen LogP contribution in [0.4, 0.5) is 0 Å². The molecule has 0 bridgehead atoms. The van der Waals surface area contributed by atoms with Crippen molar-refractivity contribution >= 4 is 26.1 Å². The van der Waals surface area contributed by atoms with Crippen molar-refractivity contribution in [1.82, 2.24) is 9.03 Å². The van der Waals surface area contributed by atoms with E-state index in [1.165, 1.54) is 0 Å². The van der Waals surface area contributed by atoms with Gasteiger partial charge in [0.1, 0.15) is 0 Å². The zero-order valence-electron chi connectivity index (χ0n) is 9.78. The van der Waals surface area contributed by atoms with Gasteiger partial charge in [0.2, 0.25) is 0 Å². The van der Waals surface area contributed by atoms with Gasteiger partial charge < -0.3 is 0 Å². The first-order valence-corrected chi connectivity index (χ1v) is 8.43. The van der Waals surface area contributed by atoms with E-state index in [2.05, 4.69) is 27.6 Å². The molecule has 1 atom stereocenters. The molecule has 0 radical (unpaired) electrons. The molecule has 1 N–H and O–H groups in total. The van der Waals surface area contributed by atoms with Gasteiger partial charge in [0.15, 0.2) is 0 Å². The molecule has 0 saturated carbocycles. The Morgan fingerprint density at radius 2 is 2.19 bits per heavy atom. The number of halogens is 1. The number of nitrogens with zero attached hydrogens (tertiary/aromatic N) is 1. The van der Waals surface area contributed by atoms with E-state index in [1.807, 2.05) is 0 Å². The fraction of sp³-hybridized carbons (Fsp3) is 1.00. The predicted octanol–water partition coefficient (Wildman–Crippen LogP) is 1.73. The van der Waals surface area contributed by atoms with E-state index in [-0.39, 0.29) is 0 Å². The number of nitrogens with one attached hydrogen (secondary N) is 1. The van der Waals surface area contributed by atoms with Crippen LogP contribution in [0, 0.1) is 5.92 Å². The van der Waals surface area contributed by atoms with E-state index in [0.717, 1.165) is 31.0 Å². The minimum Gasteiger partial charge on any atom is -0.202 e. The molecule has 0 aromatic rings. The molecular weight excluding hydrogens is 292 g/mol. The Morgan fingerprint density at radius 3 is 2.81 bits per heavy atom. The summed E-state index contributed by atoms with van der Waals surface area (Å²) in [5.74, 6) is 0.480. The van der Waals surface area contributed by atoms with Crippen LogP contribution in [0.25, 0.3) is 0 Å². The summed E-state index contributed by atoms with van der Waals surface area (Å²) in [4.78, 5) is 0. The van der Waals surface area contributed by atoms with Crippen molar-refractivity contribution in [2.75, 3.05) is 25.0 Å². The number of hydrogen-bond donors (Lipinski definition) is 1. The average Bonchev–Trinajstić information content (AvgIpc) is 2.24. The Morgan fingerprint density at radius 1 is 1.44 bits per heavy atom. The third-order valence-corrected chi connectivity index (χ3v) is 4.95. The monoisotopic (exact) mass is 312 g/mol. The minimum atomic E-state index is -3.23. The third kappa shape index (κ3) is 4.69. The Kier molecular flexibility index (Phi) is 6.25. The van der Waals surface area contributed by atoms with Crippen molar-refractivity contribution in [3.05, 3.63) is 0 Å². The molecule has 0 amide bonds. The summed E-state index contributed by atoms with van der Waals surface area (Å²) in [5.41, 5.74) is 0. The third-order valence-electron chi connectivity index (χ3n) is 2.80. The summed E-state index contributed by atoms with van der Waals surface area (Å²) in [6.45, 7) is 3.97. The topological polar surface area (TPSA) is 49.4 Å². The first-order chi connectivity index (χ1) is 7.56. The van der Waals surface area contributed by atoms with Crippen molar-refractivity contribution in [3.8, 4) is 0 Å². The first-order valence-electron chi connectivity index (χ1n) is 5.87. The summed E-state index contributed by atoms with van der Waals surface area (Å²) in [7, 11) is -3.23. The van der Waals surface area contributed by atoms with Crippen molar-refractivity contribution in [3.63, 3.8) is 0 Å². The molecule has 0 aromatic carbocycles. The molecule has 1 rings (SSSR count). The highest BCUT2D eigenvalue weighted by Gasteiger charge is 2.26. The maximum absolute atomic E-state index is 11.9. The normalized spacial score (nSPS) is 23.5. The van der Waals surface area contributed by atoms with Gasteiger partial charge in [-0.1, -0.05) is 22.9 Å². The van der Waals surface area contributed by atoms with E-state index >= 15 is 0 Å². The maximum Gasteiger partial charge on any atom is 0.279 e. The Balaban J connectivity index is 2.37. The van der Waals surface area contributed by atoms with Gasteiger partial charge in [-0.3, -0.25) is 0 Å². The van der Waals surface area contributed by atoms with E-state index in [0.29, 0.717) is 25.6 Å². The lowest BCUT2D eigenvalue weighted by Crippen LogP contribution is -2.45. The maximum atomic E-state index is 11.9. The minimum absolute atomic E-state index is 0.480. The van der Waals surface area contributed by atoms with Crippen LogP contribution >= 0.6 is 15.9 Å². The molecule has 4 nitrogen and oxygen atoms in total. The average molecular weight is 313 g/mol. The molecule has 0 spiro atoms. The van der Waals surface area contributed by atoms with Gasteiger partial charge in [-0.25, -0.2) is 4.72 Å². The summed E-state index contributed by atoms with van der Waals surface area (Å²) >= 11 is 3.33. The molecule has 0 aliphatic carbocycles. The molecule has 1 aliphatic rings. The summed E-state index contributed by atoms with van der Waals surface area (Å²) < 4.78 is 28.0. The van der Waals surface area contributed by atoms with E-state index in [4.69, 9.17) is 0 Å². The van der Waals surface area contributed by atoms with Crippen LogP contribution < -0.4 is 4.72 Å². The first kappa shape index (κ1) is 14.4. The SMILES string of the molecule is CC1CCCN(S(=O)(=O)NCCCCBr)C1. The highest BCUT2D eigenvalue weighted by atomic mass is 79.9. The fourth-order valence-electron chi connectivity index (χ4n) is 1.88. The molecule has 6 heteroatoms. The summed E-state index contributed by atoms with van der Waals surface area (Å²) in [6.07, 6.45) is 3.99. The number of hydrogen-bond acceptors (Lipinski definition) is 2. The highest BCUT2D eigenvalue weighted by molar-refractivity contribution is 9.09. The van der Waals surface area contributed by atoms with Crippen LogP contribution in [-0.4, -0.2) is 37.7 Å². The zero-order valence-corrected chi connectivity index (χ0v) is 12.2. The van der Waals surface area contributed by atoms with E-state index < -0.39 is 10.2 Å². The van der Waals surface area contributed by atoms with Crippen molar-refractivity contribution < 1.29 is 8.42 Å². The van der Waals surface area contributed by atoms with Crippen LogP contribution in [0.15, 0.2) is 0 Å². The fourth-order valence-corrected chi connectivity index (χ4v) is 3.68. The predicted molar refractivity (Wildman–Crippen MR) is 69.9 cm³/mol. The van der Waals surface area contributed by atoms with Gasteiger partial charge in [-0.05, 0) is 31.6 Å². The number of rotatable bonds is 6. The van der Waals surface area contributed by atoms with E-state index in [9.17, 15) is 8.42 Å². The lowest BCUT2D eigenvalue weighted by atomic mass is 10.0. The Hall–Kier alpha value is 0.350. The summed E-state index contributed by atoms with van der Waals surface area (Å²) in [5, 5.41) is 0.926. The second kappa shape index (κ2) is 6.93. The number of alkyl halides is 1. The molecule has 1 heterocycles. The molecule has 16 heavy (non-hydrogen) atoms. The van der Waals surface area contributed by atoms with Gasteiger partial charge in [0, 0.05) is 25.0 Å². The van der Waals surface area contributed by atoms with Gasteiger partial charge in [0.25, 0.3) is 10.2 Å². The second-order valence-corrected chi connectivity index (χ2v) is 6.95. The lowest BCUT2D eigenvalue weighted by molar-refractivity contribution is 0.278. The van der Waals surface area contributed by atoms with E-state index in [1.54, 1.807) is 4.31 Å². The van der Waals surface area contributed by atoms with Crippen molar-refractivity contribution in [1.29, 1.82) is 0 Å². The lowest BCUT2D eigenvalue weighted by Gasteiger charge is -2.29. The van der Waals surface area contributed by atoms with Crippen LogP contribution in [0.2, 0.25) is 0 Å². The van der Waals surface area contributed by atoms with Gasteiger partial charge in [0.05, 0.1) is 0 Å². The highest BCUT2D eigenvalue weighted by Crippen LogP contribution is 2.17. The smallest absolute Gasteiger partial charge is 0.202 e. The van der Waals surface area contributed by atoms with Gasteiger partial charge in [-0.2, -0.15) is 12.7 Å². The molecule has 0 aromatic heterocycles. The van der Waals surface area contributed by atoms with Crippen LogP contribution in [0.1, 0.15) is 32.6 Å².